The first-order valence-electron chi connectivity index (χ1n) is 8.02. The van der Waals surface area contributed by atoms with Crippen molar-refractivity contribution in [2.75, 3.05) is 19.0 Å². The lowest BCUT2D eigenvalue weighted by atomic mass is 10.2. The van der Waals surface area contributed by atoms with E-state index in [9.17, 15) is 14.0 Å². The predicted molar refractivity (Wildman–Crippen MR) is 94.1 cm³/mol. The zero-order valence-electron chi connectivity index (χ0n) is 14.7. The maximum atomic E-state index is 13.7. The van der Waals surface area contributed by atoms with Gasteiger partial charge >= 0.3 is 5.97 Å². The molecule has 0 aliphatic rings. The number of esters is 1. The Morgan fingerprint density at radius 3 is 2.42 bits per heavy atom. The van der Waals surface area contributed by atoms with E-state index in [1.165, 1.54) is 26.2 Å². The molecule has 0 radical (unpaired) electrons. The van der Waals surface area contributed by atoms with Crippen LogP contribution in [-0.4, -0.2) is 31.7 Å². The zero-order chi connectivity index (χ0) is 19.1. The largest absolute Gasteiger partial charge is 0.494 e. The van der Waals surface area contributed by atoms with Gasteiger partial charge in [-0.3, -0.25) is 4.79 Å². The van der Waals surface area contributed by atoms with Crippen molar-refractivity contribution in [2.24, 2.45) is 0 Å². The Hall–Kier alpha value is -3.09. The fraction of sp³-hybridized carbons (Fsp3) is 0.263. The van der Waals surface area contributed by atoms with Crippen LogP contribution in [0.3, 0.4) is 0 Å². The third-order valence-electron chi connectivity index (χ3n) is 3.47. The number of halogens is 1. The molecular formula is C19H20FNO5. The van der Waals surface area contributed by atoms with Crippen LogP contribution in [0.5, 0.6) is 11.5 Å². The lowest BCUT2D eigenvalue weighted by Gasteiger charge is -2.14. The van der Waals surface area contributed by atoms with Crippen LogP contribution in [0.2, 0.25) is 0 Å². The van der Waals surface area contributed by atoms with Gasteiger partial charge in [-0.2, -0.15) is 0 Å². The molecule has 138 valence electrons. The fourth-order valence-corrected chi connectivity index (χ4v) is 2.12. The van der Waals surface area contributed by atoms with E-state index in [1.807, 2.05) is 6.92 Å². The van der Waals surface area contributed by atoms with Gasteiger partial charge in [0.25, 0.3) is 5.91 Å². The van der Waals surface area contributed by atoms with Crippen molar-refractivity contribution < 1.29 is 28.2 Å². The predicted octanol–water partition coefficient (Wildman–Crippen LogP) is 3.42. The highest BCUT2D eigenvalue weighted by atomic mass is 19.1. The maximum Gasteiger partial charge on any atom is 0.339 e. The van der Waals surface area contributed by atoms with Gasteiger partial charge in [0.05, 0.1) is 19.3 Å². The van der Waals surface area contributed by atoms with Crippen molar-refractivity contribution in [3.05, 3.63) is 53.8 Å². The second-order valence-corrected chi connectivity index (χ2v) is 5.34. The van der Waals surface area contributed by atoms with E-state index in [-0.39, 0.29) is 11.3 Å². The molecule has 0 aliphatic heterocycles. The Labute approximate surface area is 150 Å². The van der Waals surface area contributed by atoms with Gasteiger partial charge in [-0.25, -0.2) is 9.18 Å². The summed E-state index contributed by atoms with van der Waals surface area (Å²) in [6.07, 6.45) is -1.06. The van der Waals surface area contributed by atoms with Gasteiger partial charge in [-0.1, -0.05) is 0 Å². The van der Waals surface area contributed by atoms with E-state index in [0.717, 1.165) is 6.07 Å². The monoisotopic (exact) mass is 361 g/mol. The number of rotatable bonds is 7. The Bertz CT molecular complexity index is 776. The first-order valence-corrected chi connectivity index (χ1v) is 8.02. The molecule has 0 saturated heterocycles. The second-order valence-electron chi connectivity index (χ2n) is 5.34. The number of amides is 1. The highest BCUT2D eigenvalue weighted by Crippen LogP contribution is 2.19. The van der Waals surface area contributed by atoms with Crippen molar-refractivity contribution in [1.29, 1.82) is 0 Å². The quantitative estimate of drug-likeness (QED) is 0.765. The summed E-state index contributed by atoms with van der Waals surface area (Å²) in [6, 6.07) is 10.5. The number of benzene rings is 2. The Balaban J connectivity index is 1.95. The van der Waals surface area contributed by atoms with E-state index >= 15 is 0 Å². The molecule has 2 aromatic carbocycles. The summed E-state index contributed by atoms with van der Waals surface area (Å²) in [4.78, 5) is 24.2. The molecule has 2 aromatic rings. The highest BCUT2D eigenvalue weighted by molar-refractivity contribution is 5.97. The summed E-state index contributed by atoms with van der Waals surface area (Å²) in [5.74, 6) is -1.29. The normalized spacial score (nSPS) is 11.4. The summed E-state index contributed by atoms with van der Waals surface area (Å²) >= 11 is 0. The summed E-state index contributed by atoms with van der Waals surface area (Å²) in [7, 11) is 1.32. The summed E-state index contributed by atoms with van der Waals surface area (Å²) < 4.78 is 28.8. The molecule has 6 nitrogen and oxygen atoms in total. The minimum absolute atomic E-state index is 0.0102. The molecule has 0 bridgehead atoms. The Kier molecular flexibility index (Phi) is 6.54. The van der Waals surface area contributed by atoms with Crippen molar-refractivity contribution >= 4 is 17.6 Å². The molecule has 2 rings (SSSR count). The number of carbonyl (C=O) groups excluding carboxylic acids is 2. The van der Waals surface area contributed by atoms with E-state index in [2.05, 4.69) is 5.32 Å². The van der Waals surface area contributed by atoms with Gasteiger partial charge in [0.2, 0.25) is 0 Å². The Morgan fingerprint density at radius 2 is 1.85 bits per heavy atom. The number of nitrogens with one attached hydrogen (secondary N) is 1. The molecule has 0 unspecified atom stereocenters. The molecule has 0 aromatic heterocycles. The van der Waals surface area contributed by atoms with E-state index in [4.69, 9.17) is 14.2 Å². The highest BCUT2D eigenvalue weighted by Gasteiger charge is 2.20. The molecule has 1 atom stereocenters. The molecule has 0 heterocycles. The molecule has 26 heavy (non-hydrogen) atoms. The number of anilines is 1. The number of ether oxygens (including phenoxy) is 3. The molecule has 0 spiro atoms. The summed E-state index contributed by atoms with van der Waals surface area (Å²) in [5.41, 5.74) is 0.529. The average molecular weight is 361 g/mol. The topological polar surface area (TPSA) is 73.9 Å². The molecular weight excluding hydrogens is 341 g/mol. The summed E-state index contributed by atoms with van der Waals surface area (Å²) in [5, 5.41) is 2.63. The lowest BCUT2D eigenvalue weighted by Crippen LogP contribution is -2.30. The Morgan fingerprint density at radius 1 is 1.15 bits per heavy atom. The second kappa shape index (κ2) is 8.84. The molecule has 7 heteroatoms. The number of hydrogen-bond donors (Lipinski definition) is 1. The number of hydrogen-bond acceptors (Lipinski definition) is 5. The van der Waals surface area contributed by atoms with Crippen LogP contribution in [0.4, 0.5) is 10.1 Å². The minimum atomic E-state index is -1.06. The van der Waals surface area contributed by atoms with Crippen LogP contribution in [-0.2, 0) is 9.53 Å². The van der Waals surface area contributed by atoms with Gasteiger partial charge in [0.15, 0.2) is 17.7 Å². The smallest absolute Gasteiger partial charge is 0.339 e. The molecule has 0 fully saturated rings. The molecule has 1 amide bonds. The van der Waals surface area contributed by atoms with E-state index in [1.54, 1.807) is 24.3 Å². The van der Waals surface area contributed by atoms with Gasteiger partial charge < -0.3 is 19.5 Å². The SMILES string of the molecule is CCOc1ccc(NC(=O)[C@@H](C)OC(=O)c2ccc(OC)c(F)c2)cc1. The van der Waals surface area contributed by atoms with Gasteiger partial charge in [0.1, 0.15) is 5.75 Å². The van der Waals surface area contributed by atoms with E-state index in [0.29, 0.717) is 18.0 Å². The number of methoxy groups -OCH3 is 1. The average Bonchev–Trinajstić information content (AvgIpc) is 2.63. The van der Waals surface area contributed by atoms with Gasteiger partial charge in [-0.15, -0.1) is 0 Å². The van der Waals surface area contributed by atoms with Crippen LogP contribution in [0.1, 0.15) is 24.2 Å². The van der Waals surface area contributed by atoms with Gasteiger partial charge in [0, 0.05) is 5.69 Å². The number of carbonyl (C=O) groups is 2. The molecule has 0 saturated carbocycles. The van der Waals surface area contributed by atoms with Crippen LogP contribution < -0.4 is 14.8 Å². The van der Waals surface area contributed by atoms with Crippen molar-refractivity contribution in [3.63, 3.8) is 0 Å². The van der Waals surface area contributed by atoms with Crippen LogP contribution in [0, 0.1) is 5.82 Å². The zero-order valence-corrected chi connectivity index (χ0v) is 14.7. The van der Waals surface area contributed by atoms with Crippen molar-refractivity contribution in [2.45, 2.75) is 20.0 Å². The van der Waals surface area contributed by atoms with Crippen LogP contribution in [0.25, 0.3) is 0 Å². The molecule has 1 N–H and O–H groups in total. The van der Waals surface area contributed by atoms with Crippen molar-refractivity contribution in [1.82, 2.24) is 0 Å². The standard InChI is InChI=1S/C19H20FNO5/c1-4-25-15-8-6-14(7-9-15)21-18(22)12(2)26-19(23)13-5-10-17(24-3)16(20)11-13/h5-12H,4H2,1-3H3,(H,21,22)/t12-/m1/s1. The van der Waals surface area contributed by atoms with E-state index < -0.39 is 23.8 Å². The first kappa shape index (κ1) is 19.2. The fourth-order valence-electron chi connectivity index (χ4n) is 2.12. The van der Waals surface area contributed by atoms with Crippen LogP contribution >= 0.6 is 0 Å². The first-order chi connectivity index (χ1) is 12.4. The molecule has 0 aliphatic carbocycles. The van der Waals surface area contributed by atoms with Crippen LogP contribution in [0.15, 0.2) is 42.5 Å². The minimum Gasteiger partial charge on any atom is -0.494 e. The third-order valence-corrected chi connectivity index (χ3v) is 3.47. The third kappa shape index (κ3) is 4.95. The lowest BCUT2D eigenvalue weighted by molar-refractivity contribution is -0.123. The maximum absolute atomic E-state index is 13.7. The summed E-state index contributed by atoms with van der Waals surface area (Å²) in [6.45, 7) is 3.85. The van der Waals surface area contributed by atoms with Gasteiger partial charge in [-0.05, 0) is 56.3 Å². The van der Waals surface area contributed by atoms with Crippen molar-refractivity contribution in [3.8, 4) is 11.5 Å².